The third-order valence-corrected chi connectivity index (χ3v) is 3.12. The quantitative estimate of drug-likeness (QED) is 0.882. The van der Waals surface area contributed by atoms with Crippen molar-refractivity contribution in [3.05, 3.63) is 34.1 Å². The Bertz CT molecular complexity index is 325. The lowest BCUT2D eigenvalue weighted by atomic mass is 10.1. The summed E-state index contributed by atoms with van der Waals surface area (Å²) in [6.45, 7) is 6.98. The lowest BCUT2D eigenvalue weighted by Crippen LogP contribution is -2.30. The Labute approximate surface area is 99.2 Å². The van der Waals surface area contributed by atoms with Crippen molar-refractivity contribution < 1.29 is 4.39 Å². The molecule has 0 bridgehead atoms. The fourth-order valence-corrected chi connectivity index (χ4v) is 1.59. The molecule has 0 fully saturated rings. The molecule has 0 aliphatic carbocycles. The molecule has 0 unspecified atom stereocenters. The molecule has 84 valence electrons. The molecule has 0 heterocycles. The number of hydrogen-bond donors (Lipinski definition) is 1. The standard InChI is InChI=1S/C12H17BrFN/c1-8(2)9(3)15-7-10-6-11(13)4-5-12(10)14/h4-6,8-9,15H,7H2,1-3H3/t9-/m1/s1. The number of halogens is 2. The normalized spacial score (nSPS) is 13.2. The van der Waals surface area contributed by atoms with Gasteiger partial charge in [0.1, 0.15) is 5.82 Å². The predicted octanol–water partition coefficient (Wildman–Crippen LogP) is 3.72. The highest BCUT2D eigenvalue weighted by atomic mass is 79.9. The third-order valence-electron chi connectivity index (χ3n) is 2.62. The molecule has 0 aliphatic heterocycles. The molecule has 0 aliphatic rings. The zero-order valence-corrected chi connectivity index (χ0v) is 10.9. The highest BCUT2D eigenvalue weighted by molar-refractivity contribution is 9.10. The molecule has 0 radical (unpaired) electrons. The Morgan fingerprint density at radius 2 is 2.00 bits per heavy atom. The number of rotatable bonds is 4. The highest BCUT2D eigenvalue weighted by Gasteiger charge is 2.08. The average molecular weight is 274 g/mol. The van der Waals surface area contributed by atoms with Gasteiger partial charge < -0.3 is 5.32 Å². The van der Waals surface area contributed by atoms with E-state index in [1.165, 1.54) is 6.07 Å². The zero-order chi connectivity index (χ0) is 11.4. The summed E-state index contributed by atoms with van der Waals surface area (Å²) in [6.07, 6.45) is 0. The zero-order valence-electron chi connectivity index (χ0n) is 9.35. The number of nitrogens with one attached hydrogen (secondary N) is 1. The van der Waals surface area contributed by atoms with Gasteiger partial charge in [-0.3, -0.25) is 0 Å². The van der Waals surface area contributed by atoms with E-state index in [1.54, 1.807) is 6.07 Å². The Morgan fingerprint density at radius 1 is 1.33 bits per heavy atom. The number of benzene rings is 1. The number of hydrogen-bond acceptors (Lipinski definition) is 1. The van der Waals surface area contributed by atoms with Gasteiger partial charge in [0.05, 0.1) is 0 Å². The fraction of sp³-hybridized carbons (Fsp3) is 0.500. The molecule has 1 atom stereocenters. The maximum absolute atomic E-state index is 13.4. The van der Waals surface area contributed by atoms with E-state index in [9.17, 15) is 4.39 Å². The van der Waals surface area contributed by atoms with Crippen LogP contribution in [0.25, 0.3) is 0 Å². The Balaban J connectivity index is 2.61. The summed E-state index contributed by atoms with van der Waals surface area (Å²) in [5.74, 6) is 0.405. The maximum atomic E-state index is 13.4. The summed E-state index contributed by atoms with van der Waals surface area (Å²) in [6, 6.07) is 5.41. The fourth-order valence-electron chi connectivity index (χ4n) is 1.19. The van der Waals surface area contributed by atoms with Crippen LogP contribution in [0.3, 0.4) is 0 Å². The van der Waals surface area contributed by atoms with Crippen molar-refractivity contribution >= 4 is 15.9 Å². The first-order valence-corrected chi connectivity index (χ1v) is 5.97. The van der Waals surface area contributed by atoms with Crippen molar-refractivity contribution in [1.82, 2.24) is 5.32 Å². The van der Waals surface area contributed by atoms with Crippen molar-refractivity contribution in [3.63, 3.8) is 0 Å². The first-order chi connectivity index (χ1) is 7.00. The van der Waals surface area contributed by atoms with Crippen LogP contribution in [-0.2, 0) is 6.54 Å². The molecule has 0 saturated heterocycles. The van der Waals surface area contributed by atoms with Crippen molar-refractivity contribution in [2.24, 2.45) is 5.92 Å². The molecular weight excluding hydrogens is 257 g/mol. The molecular formula is C12H17BrFN. The third kappa shape index (κ3) is 3.92. The van der Waals surface area contributed by atoms with Gasteiger partial charge in [0.2, 0.25) is 0 Å². The molecule has 0 amide bonds. The topological polar surface area (TPSA) is 12.0 Å². The molecule has 1 aromatic rings. The average Bonchev–Trinajstić information content (AvgIpc) is 2.18. The molecule has 0 saturated carbocycles. The van der Waals surface area contributed by atoms with Gasteiger partial charge in [-0.25, -0.2) is 4.39 Å². The minimum absolute atomic E-state index is 0.151. The second kappa shape index (κ2) is 5.61. The van der Waals surface area contributed by atoms with Crippen LogP contribution < -0.4 is 5.32 Å². The predicted molar refractivity (Wildman–Crippen MR) is 65.2 cm³/mol. The van der Waals surface area contributed by atoms with E-state index in [4.69, 9.17) is 0 Å². The van der Waals surface area contributed by atoms with E-state index in [0.29, 0.717) is 24.1 Å². The Hall–Kier alpha value is -0.410. The summed E-state index contributed by atoms with van der Waals surface area (Å²) >= 11 is 3.34. The lowest BCUT2D eigenvalue weighted by molar-refractivity contribution is 0.421. The van der Waals surface area contributed by atoms with Gasteiger partial charge in [-0.2, -0.15) is 0 Å². The second-order valence-electron chi connectivity index (χ2n) is 4.15. The van der Waals surface area contributed by atoms with E-state index in [1.807, 2.05) is 6.07 Å². The minimum atomic E-state index is -0.151. The van der Waals surface area contributed by atoms with Crippen LogP contribution in [0.4, 0.5) is 4.39 Å². The summed E-state index contributed by atoms with van der Waals surface area (Å²) in [5, 5.41) is 3.31. The van der Waals surface area contributed by atoms with Crippen molar-refractivity contribution in [2.75, 3.05) is 0 Å². The molecule has 1 aromatic carbocycles. The van der Waals surface area contributed by atoms with Gasteiger partial charge in [0.25, 0.3) is 0 Å². The summed E-state index contributed by atoms with van der Waals surface area (Å²) in [7, 11) is 0. The lowest BCUT2D eigenvalue weighted by Gasteiger charge is -2.17. The van der Waals surface area contributed by atoms with Crippen molar-refractivity contribution in [1.29, 1.82) is 0 Å². The summed E-state index contributed by atoms with van der Waals surface area (Å²) < 4.78 is 14.3. The summed E-state index contributed by atoms with van der Waals surface area (Å²) in [5.41, 5.74) is 0.705. The van der Waals surface area contributed by atoms with Gasteiger partial charge in [-0.1, -0.05) is 29.8 Å². The van der Waals surface area contributed by atoms with Gasteiger partial charge in [0.15, 0.2) is 0 Å². The van der Waals surface area contributed by atoms with Crippen LogP contribution in [0.5, 0.6) is 0 Å². The van der Waals surface area contributed by atoms with Gasteiger partial charge >= 0.3 is 0 Å². The SMILES string of the molecule is CC(C)[C@@H](C)NCc1cc(Br)ccc1F. The second-order valence-corrected chi connectivity index (χ2v) is 5.06. The molecule has 0 aromatic heterocycles. The molecule has 0 spiro atoms. The van der Waals surface area contributed by atoms with Crippen LogP contribution in [0.1, 0.15) is 26.3 Å². The van der Waals surface area contributed by atoms with Crippen LogP contribution in [-0.4, -0.2) is 6.04 Å². The van der Waals surface area contributed by atoms with E-state index < -0.39 is 0 Å². The van der Waals surface area contributed by atoms with Gasteiger partial charge in [-0.05, 0) is 31.0 Å². The Kier molecular flexibility index (Phi) is 4.74. The molecule has 1 N–H and O–H groups in total. The molecule has 1 rings (SSSR count). The van der Waals surface area contributed by atoms with E-state index in [-0.39, 0.29) is 5.82 Å². The van der Waals surface area contributed by atoms with Crippen LogP contribution >= 0.6 is 15.9 Å². The molecule has 1 nitrogen and oxygen atoms in total. The first-order valence-electron chi connectivity index (χ1n) is 5.18. The smallest absolute Gasteiger partial charge is 0.127 e. The van der Waals surface area contributed by atoms with E-state index in [2.05, 4.69) is 42.0 Å². The van der Waals surface area contributed by atoms with Gasteiger partial charge in [-0.15, -0.1) is 0 Å². The Morgan fingerprint density at radius 3 is 2.60 bits per heavy atom. The van der Waals surface area contributed by atoms with Crippen LogP contribution in [0.15, 0.2) is 22.7 Å². The van der Waals surface area contributed by atoms with E-state index in [0.717, 1.165) is 4.47 Å². The van der Waals surface area contributed by atoms with E-state index >= 15 is 0 Å². The minimum Gasteiger partial charge on any atom is -0.310 e. The maximum Gasteiger partial charge on any atom is 0.127 e. The van der Waals surface area contributed by atoms with Crippen LogP contribution in [0, 0.1) is 11.7 Å². The van der Waals surface area contributed by atoms with Crippen molar-refractivity contribution in [2.45, 2.75) is 33.4 Å². The first kappa shape index (κ1) is 12.7. The van der Waals surface area contributed by atoms with Gasteiger partial charge in [0, 0.05) is 22.6 Å². The largest absolute Gasteiger partial charge is 0.310 e. The molecule has 3 heteroatoms. The highest BCUT2D eigenvalue weighted by Crippen LogP contribution is 2.15. The van der Waals surface area contributed by atoms with Crippen molar-refractivity contribution in [3.8, 4) is 0 Å². The monoisotopic (exact) mass is 273 g/mol. The van der Waals surface area contributed by atoms with Crippen LogP contribution in [0.2, 0.25) is 0 Å². The summed E-state index contributed by atoms with van der Waals surface area (Å²) in [4.78, 5) is 0. The molecule has 15 heavy (non-hydrogen) atoms.